The van der Waals surface area contributed by atoms with Crippen LogP contribution in [0.15, 0.2) is 60.7 Å². The summed E-state index contributed by atoms with van der Waals surface area (Å²) in [5.74, 6) is -0.674. The SMILES string of the molecule is O=C(O)[C@@]1(Cc2ccccc2)CCN(Cc2ccccc2)C1. The summed E-state index contributed by atoms with van der Waals surface area (Å²) in [6, 6.07) is 20.2. The molecule has 1 heterocycles. The Balaban J connectivity index is 1.72. The Bertz CT molecular complexity index is 626. The number of carboxylic acids is 1. The van der Waals surface area contributed by atoms with Gasteiger partial charge in [0, 0.05) is 13.1 Å². The van der Waals surface area contributed by atoms with Gasteiger partial charge < -0.3 is 5.11 Å². The molecule has 1 saturated heterocycles. The fraction of sp³-hybridized carbons (Fsp3) is 0.316. The van der Waals surface area contributed by atoms with Crippen molar-refractivity contribution in [3.05, 3.63) is 71.8 Å². The van der Waals surface area contributed by atoms with E-state index in [-0.39, 0.29) is 0 Å². The third kappa shape index (κ3) is 3.20. The molecule has 0 spiro atoms. The molecule has 3 nitrogen and oxygen atoms in total. The van der Waals surface area contributed by atoms with Crippen LogP contribution in [0, 0.1) is 5.41 Å². The van der Waals surface area contributed by atoms with Gasteiger partial charge in [-0.25, -0.2) is 0 Å². The van der Waals surface area contributed by atoms with Crippen LogP contribution >= 0.6 is 0 Å². The van der Waals surface area contributed by atoms with Crippen LogP contribution in [0.4, 0.5) is 0 Å². The number of aliphatic carboxylic acids is 1. The van der Waals surface area contributed by atoms with Crippen molar-refractivity contribution < 1.29 is 9.90 Å². The lowest BCUT2D eigenvalue weighted by Gasteiger charge is -2.25. The highest BCUT2D eigenvalue weighted by molar-refractivity contribution is 5.76. The number of nitrogens with zero attached hydrogens (tertiary/aromatic N) is 1. The summed E-state index contributed by atoms with van der Waals surface area (Å²) in [5.41, 5.74) is 1.69. The topological polar surface area (TPSA) is 40.5 Å². The maximum Gasteiger partial charge on any atom is 0.311 e. The molecule has 22 heavy (non-hydrogen) atoms. The summed E-state index contributed by atoms with van der Waals surface area (Å²) in [7, 11) is 0. The predicted molar refractivity (Wildman–Crippen MR) is 86.6 cm³/mol. The molecule has 0 aliphatic carbocycles. The molecule has 0 bridgehead atoms. The van der Waals surface area contributed by atoms with Gasteiger partial charge in [0.1, 0.15) is 0 Å². The quantitative estimate of drug-likeness (QED) is 0.921. The van der Waals surface area contributed by atoms with E-state index in [1.54, 1.807) is 0 Å². The summed E-state index contributed by atoms with van der Waals surface area (Å²) >= 11 is 0. The summed E-state index contributed by atoms with van der Waals surface area (Å²) in [6.45, 7) is 2.28. The van der Waals surface area contributed by atoms with E-state index in [2.05, 4.69) is 17.0 Å². The van der Waals surface area contributed by atoms with Gasteiger partial charge in [-0.1, -0.05) is 60.7 Å². The number of likely N-dealkylation sites (tertiary alicyclic amines) is 1. The highest BCUT2D eigenvalue weighted by Gasteiger charge is 2.44. The molecule has 3 rings (SSSR count). The Kier molecular flexibility index (Phi) is 4.25. The predicted octanol–water partition coefficient (Wildman–Crippen LogP) is 3.21. The van der Waals surface area contributed by atoms with E-state index in [0.29, 0.717) is 19.4 Å². The number of hydrogen-bond acceptors (Lipinski definition) is 2. The highest BCUT2D eigenvalue weighted by Crippen LogP contribution is 2.35. The lowest BCUT2D eigenvalue weighted by atomic mass is 9.81. The minimum Gasteiger partial charge on any atom is -0.481 e. The lowest BCUT2D eigenvalue weighted by Crippen LogP contribution is -2.36. The van der Waals surface area contributed by atoms with Crippen LogP contribution in [0.3, 0.4) is 0 Å². The summed E-state index contributed by atoms with van der Waals surface area (Å²) < 4.78 is 0. The first-order valence-electron chi connectivity index (χ1n) is 7.72. The number of rotatable bonds is 5. The van der Waals surface area contributed by atoms with Crippen LogP contribution in [0.25, 0.3) is 0 Å². The maximum absolute atomic E-state index is 11.9. The summed E-state index contributed by atoms with van der Waals surface area (Å²) in [4.78, 5) is 14.2. The van der Waals surface area contributed by atoms with Crippen LogP contribution in [0.2, 0.25) is 0 Å². The largest absolute Gasteiger partial charge is 0.481 e. The molecule has 1 aliphatic rings. The molecular formula is C19H21NO2. The van der Waals surface area contributed by atoms with Crippen molar-refractivity contribution in [2.45, 2.75) is 19.4 Å². The van der Waals surface area contributed by atoms with Gasteiger partial charge in [-0.3, -0.25) is 9.69 Å². The Hall–Kier alpha value is -2.13. The van der Waals surface area contributed by atoms with Gasteiger partial charge in [0.15, 0.2) is 0 Å². The zero-order valence-electron chi connectivity index (χ0n) is 12.6. The Morgan fingerprint density at radius 3 is 2.18 bits per heavy atom. The van der Waals surface area contributed by atoms with Gasteiger partial charge >= 0.3 is 5.97 Å². The molecule has 114 valence electrons. The molecule has 1 fully saturated rings. The molecule has 0 radical (unpaired) electrons. The van der Waals surface area contributed by atoms with Gasteiger partial charge in [-0.15, -0.1) is 0 Å². The van der Waals surface area contributed by atoms with Crippen molar-refractivity contribution in [1.82, 2.24) is 4.90 Å². The maximum atomic E-state index is 11.9. The monoisotopic (exact) mass is 295 g/mol. The van der Waals surface area contributed by atoms with Crippen LogP contribution in [0.5, 0.6) is 0 Å². The van der Waals surface area contributed by atoms with E-state index in [1.807, 2.05) is 48.5 Å². The van der Waals surface area contributed by atoms with E-state index in [9.17, 15) is 9.90 Å². The normalized spacial score (nSPS) is 21.8. The number of benzene rings is 2. The smallest absolute Gasteiger partial charge is 0.311 e. The molecule has 0 amide bonds. The Labute approximate surface area is 131 Å². The molecule has 1 N–H and O–H groups in total. The van der Waals surface area contributed by atoms with Gasteiger partial charge in [-0.05, 0) is 30.5 Å². The number of carbonyl (C=O) groups is 1. The van der Waals surface area contributed by atoms with E-state index in [1.165, 1.54) is 5.56 Å². The van der Waals surface area contributed by atoms with E-state index in [4.69, 9.17) is 0 Å². The van der Waals surface area contributed by atoms with Gasteiger partial charge in [-0.2, -0.15) is 0 Å². The third-order valence-electron chi connectivity index (χ3n) is 4.52. The third-order valence-corrected chi connectivity index (χ3v) is 4.52. The van der Waals surface area contributed by atoms with Crippen LogP contribution in [0.1, 0.15) is 17.5 Å². The average Bonchev–Trinajstić information content (AvgIpc) is 2.93. The number of carboxylic acid groups (broad SMARTS) is 1. The second kappa shape index (κ2) is 6.32. The molecule has 1 atom stereocenters. The minimum absolute atomic E-state index is 0.606. The van der Waals surface area contributed by atoms with Crippen LogP contribution < -0.4 is 0 Å². The van der Waals surface area contributed by atoms with Crippen molar-refractivity contribution in [3.8, 4) is 0 Å². The highest BCUT2D eigenvalue weighted by atomic mass is 16.4. The number of hydrogen-bond donors (Lipinski definition) is 1. The zero-order chi connectivity index (χ0) is 15.4. The molecule has 0 unspecified atom stereocenters. The molecule has 2 aromatic carbocycles. The van der Waals surface area contributed by atoms with E-state index in [0.717, 1.165) is 18.7 Å². The van der Waals surface area contributed by atoms with Crippen molar-refractivity contribution in [1.29, 1.82) is 0 Å². The minimum atomic E-state index is -0.674. The van der Waals surface area contributed by atoms with Crippen molar-refractivity contribution in [3.63, 3.8) is 0 Å². The van der Waals surface area contributed by atoms with E-state index >= 15 is 0 Å². The molecular weight excluding hydrogens is 274 g/mol. The standard InChI is InChI=1S/C19H21NO2/c21-18(22)19(13-16-7-3-1-4-8-16)11-12-20(15-19)14-17-9-5-2-6-10-17/h1-10H,11-15H2,(H,21,22)/t19-/m1/s1. The lowest BCUT2D eigenvalue weighted by molar-refractivity contribution is -0.148. The van der Waals surface area contributed by atoms with E-state index < -0.39 is 11.4 Å². The van der Waals surface area contributed by atoms with Gasteiger partial charge in [0.05, 0.1) is 5.41 Å². The Morgan fingerprint density at radius 1 is 1.00 bits per heavy atom. The molecule has 0 aromatic heterocycles. The first-order chi connectivity index (χ1) is 10.7. The first kappa shape index (κ1) is 14.8. The van der Waals surface area contributed by atoms with Crippen LogP contribution in [-0.2, 0) is 17.8 Å². The Morgan fingerprint density at radius 2 is 1.59 bits per heavy atom. The molecule has 3 heteroatoms. The van der Waals surface area contributed by atoms with Gasteiger partial charge in [0.2, 0.25) is 0 Å². The molecule has 0 saturated carbocycles. The first-order valence-corrected chi connectivity index (χ1v) is 7.72. The summed E-state index contributed by atoms with van der Waals surface area (Å²) in [5, 5.41) is 9.78. The second-order valence-electron chi connectivity index (χ2n) is 6.19. The van der Waals surface area contributed by atoms with Crippen molar-refractivity contribution in [2.75, 3.05) is 13.1 Å². The van der Waals surface area contributed by atoms with Crippen molar-refractivity contribution >= 4 is 5.97 Å². The fourth-order valence-electron chi connectivity index (χ4n) is 3.32. The molecule has 2 aromatic rings. The second-order valence-corrected chi connectivity index (χ2v) is 6.19. The summed E-state index contributed by atoms with van der Waals surface area (Å²) in [6.07, 6.45) is 1.32. The van der Waals surface area contributed by atoms with Gasteiger partial charge in [0.25, 0.3) is 0 Å². The van der Waals surface area contributed by atoms with Crippen molar-refractivity contribution in [2.24, 2.45) is 5.41 Å². The van der Waals surface area contributed by atoms with Crippen LogP contribution in [-0.4, -0.2) is 29.1 Å². The average molecular weight is 295 g/mol. The zero-order valence-corrected chi connectivity index (χ0v) is 12.6. The molecule has 1 aliphatic heterocycles. The fourth-order valence-corrected chi connectivity index (χ4v) is 3.32.